The molecule has 4 nitrogen and oxygen atoms in total. The van der Waals surface area contributed by atoms with Gasteiger partial charge < -0.3 is 10.5 Å². The molecule has 0 atom stereocenters. The number of benzene rings is 2. The molecule has 0 unspecified atom stereocenters. The predicted molar refractivity (Wildman–Crippen MR) is 86.9 cm³/mol. The maximum absolute atomic E-state index is 12.0. The van der Waals surface area contributed by atoms with E-state index in [0.717, 1.165) is 15.6 Å². The largest absolute Gasteiger partial charge is 0.411 e. The zero-order valence-corrected chi connectivity index (χ0v) is 13.1. The summed E-state index contributed by atoms with van der Waals surface area (Å²) in [5.41, 5.74) is 3.01. The van der Waals surface area contributed by atoms with E-state index in [1.807, 2.05) is 24.3 Å². The average Bonchev–Trinajstić information content (AvgIpc) is 2.49. The van der Waals surface area contributed by atoms with Crippen LogP contribution in [0.4, 0.5) is 5.69 Å². The van der Waals surface area contributed by atoms with E-state index in [1.165, 1.54) is 0 Å². The highest BCUT2D eigenvalue weighted by molar-refractivity contribution is 9.10. The van der Waals surface area contributed by atoms with Crippen LogP contribution in [0.15, 0.2) is 58.2 Å². The topological polar surface area (TPSA) is 61.7 Å². The van der Waals surface area contributed by atoms with Crippen LogP contribution in [0.25, 0.3) is 0 Å². The summed E-state index contributed by atoms with van der Waals surface area (Å²) in [6.45, 7) is 1.71. The van der Waals surface area contributed by atoms with Gasteiger partial charge in [0.25, 0.3) is 0 Å². The number of halogens is 1. The normalized spacial score (nSPS) is 11.2. The Morgan fingerprint density at radius 3 is 2.33 bits per heavy atom. The van der Waals surface area contributed by atoms with E-state index in [-0.39, 0.29) is 5.91 Å². The molecular formula is C16H15BrN2O2. The van der Waals surface area contributed by atoms with E-state index in [9.17, 15) is 4.79 Å². The van der Waals surface area contributed by atoms with Crippen molar-refractivity contribution in [3.8, 4) is 0 Å². The molecule has 2 rings (SSSR count). The second kappa shape index (κ2) is 7.04. The highest BCUT2D eigenvalue weighted by atomic mass is 79.9. The minimum Gasteiger partial charge on any atom is -0.411 e. The zero-order chi connectivity index (χ0) is 15.2. The first kappa shape index (κ1) is 15.3. The number of carbonyl (C=O) groups is 1. The van der Waals surface area contributed by atoms with Crippen molar-refractivity contribution in [2.45, 2.75) is 13.3 Å². The highest BCUT2D eigenvalue weighted by Gasteiger charge is 2.05. The molecule has 0 saturated heterocycles. The third kappa shape index (κ3) is 4.43. The van der Waals surface area contributed by atoms with Crippen molar-refractivity contribution < 1.29 is 10.0 Å². The molecule has 21 heavy (non-hydrogen) atoms. The lowest BCUT2D eigenvalue weighted by Gasteiger charge is -2.06. The van der Waals surface area contributed by atoms with Crippen molar-refractivity contribution in [1.29, 1.82) is 0 Å². The van der Waals surface area contributed by atoms with Crippen LogP contribution >= 0.6 is 15.9 Å². The summed E-state index contributed by atoms with van der Waals surface area (Å²) in [5, 5.41) is 14.7. The Morgan fingerprint density at radius 1 is 1.14 bits per heavy atom. The van der Waals surface area contributed by atoms with E-state index < -0.39 is 0 Å². The molecule has 5 heteroatoms. The van der Waals surface area contributed by atoms with Gasteiger partial charge in [-0.2, -0.15) is 0 Å². The van der Waals surface area contributed by atoms with Gasteiger partial charge in [-0.3, -0.25) is 4.79 Å². The van der Waals surface area contributed by atoms with Crippen molar-refractivity contribution in [2.24, 2.45) is 5.16 Å². The van der Waals surface area contributed by atoms with Crippen molar-refractivity contribution in [2.75, 3.05) is 5.32 Å². The predicted octanol–water partition coefficient (Wildman–Crippen LogP) is 3.83. The molecule has 0 spiro atoms. The summed E-state index contributed by atoms with van der Waals surface area (Å²) in [6.07, 6.45) is 0.326. The standard InChI is InChI=1S/C16H15BrN2O2/c1-11(19-21)13-4-8-15(9-5-13)18-16(20)10-12-2-6-14(17)7-3-12/h2-9,21H,10H2,1H3,(H,18,20)/b19-11+. The first-order valence-corrected chi connectivity index (χ1v) is 7.21. The van der Waals surface area contributed by atoms with E-state index in [4.69, 9.17) is 5.21 Å². The van der Waals surface area contributed by atoms with E-state index >= 15 is 0 Å². The van der Waals surface area contributed by atoms with E-state index in [1.54, 1.807) is 31.2 Å². The third-order valence-electron chi connectivity index (χ3n) is 3.01. The molecule has 0 saturated carbocycles. The van der Waals surface area contributed by atoms with Gasteiger partial charge in [-0.05, 0) is 42.3 Å². The molecule has 2 aromatic carbocycles. The Bertz CT molecular complexity index is 649. The monoisotopic (exact) mass is 346 g/mol. The van der Waals surface area contributed by atoms with Crippen LogP contribution in [0.3, 0.4) is 0 Å². The molecule has 0 fully saturated rings. The maximum Gasteiger partial charge on any atom is 0.228 e. The Kier molecular flexibility index (Phi) is 5.11. The fourth-order valence-electron chi connectivity index (χ4n) is 1.85. The molecule has 108 valence electrons. The lowest BCUT2D eigenvalue weighted by molar-refractivity contribution is -0.115. The zero-order valence-electron chi connectivity index (χ0n) is 11.5. The number of hydrogen-bond acceptors (Lipinski definition) is 3. The molecular weight excluding hydrogens is 332 g/mol. The Balaban J connectivity index is 1.98. The summed E-state index contributed by atoms with van der Waals surface area (Å²) < 4.78 is 0.989. The molecule has 0 aromatic heterocycles. The number of hydrogen-bond donors (Lipinski definition) is 2. The van der Waals surface area contributed by atoms with Crippen LogP contribution in [-0.2, 0) is 11.2 Å². The number of nitrogens with zero attached hydrogens (tertiary/aromatic N) is 1. The van der Waals surface area contributed by atoms with Crippen molar-refractivity contribution in [3.63, 3.8) is 0 Å². The minimum atomic E-state index is -0.0716. The van der Waals surface area contributed by atoms with E-state index in [2.05, 4.69) is 26.4 Å². The van der Waals surface area contributed by atoms with Gasteiger partial charge >= 0.3 is 0 Å². The van der Waals surface area contributed by atoms with Gasteiger partial charge in [0.2, 0.25) is 5.91 Å². The molecule has 0 bridgehead atoms. The Hall–Kier alpha value is -2.14. The lowest BCUT2D eigenvalue weighted by atomic mass is 10.1. The second-order valence-electron chi connectivity index (χ2n) is 4.61. The quantitative estimate of drug-likeness (QED) is 0.502. The number of rotatable bonds is 4. The summed E-state index contributed by atoms with van der Waals surface area (Å²) in [5.74, 6) is -0.0716. The molecule has 0 aliphatic rings. The number of nitrogens with one attached hydrogen (secondary N) is 1. The molecule has 0 radical (unpaired) electrons. The highest BCUT2D eigenvalue weighted by Crippen LogP contribution is 2.13. The van der Waals surface area contributed by atoms with Gasteiger partial charge in [-0.25, -0.2) is 0 Å². The van der Waals surface area contributed by atoms with Gasteiger partial charge in [-0.15, -0.1) is 0 Å². The third-order valence-corrected chi connectivity index (χ3v) is 3.54. The SMILES string of the molecule is C/C(=N\O)c1ccc(NC(=O)Cc2ccc(Br)cc2)cc1. The fraction of sp³-hybridized carbons (Fsp3) is 0.125. The van der Waals surface area contributed by atoms with Gasteiger partial charge in [0.1, 0.15) is 0 Å². The molecule has 0 aliphatic carbocycles. The summed E-state index contributed by atoms with van der Waals surface area (Å²) in [7, 11) is 0. The van der Waals surface area contributed by atoms with Gasteiger partial charge in [0, 0.05) is 10.2 Å². The van der Waals surface area contributed by atoms with Gasteiger partial charge in [0.15, 0.2) is 0 Å². The number of anilines is 1. The van der Waals surface area contributed by atoms with Crippen molar-refractivity contribution in [1.82, 2.24) is 0 Å². The molecule has 0 aliphatic heterocycles. The number of carbonyl (C=O) groups excluding carboxylic acids is 1. The van der Waals surface area contributed by atoms with Crippen LogP contribution in [0.1, 0.15) is 18.1 Å². The van der Waals surface area contributed by atoms with E-state index in [0.29, 0.717) is 17.8 Å². The summed E-state index contributed by atoms with van der Waals surface area (Å²) >= 11 is 3.36. The van der Waals surface area contributed by atoms with Crippen LogP contribution in [0.2, 0.25) is 0 Å². The second-order valence-corrected chi connectivity index (χ2v) is 5.53. The lowest BCUT2D eigenvalue weighted by Crippen LogP contribution is -2.14. The average molecular weight is 347 g/mol. The fourth-order valence-corrected chi connectivity index (χ4v) is 2.11. The molecule has 2 N–H and O–H groups in total. The van der Waals surface area contributed by atoms with Gasteiger partial charge in [0.05, 0.1) is 12.1 Å². The first-order chi connectivity index (χ1) is 10.1. The van der Waals surface area contributed by atoms with Crippen LogP contribution < -0.4 is 5.32 Å². The summed E-state index contributed by atoms with van der Waals surface area (Å²) in [6, 6.07) is 14.8. The first-order valence-electron chi connectivity index (χ1n) is 6.42. The number of oxime groups is 1. The smallest absolute Gasteiger partial charge is 0.228 e. The Labute approximate surface area is 131 Å². The number of amides is 1. The van der Waals surface area contributed by atoms with Crippen molar-refractivity contribution >= 4 is 33.2 Å². The molecule has 1 amide bonds. The molecule has 0 heterocycles. The summed E-state index contributed by atoms with van der Waals surface area (Å²) in [4.78, 5) is 12.0. The van der Waals surface area contributed by atoms with Crippen molar-refractivity contribution in [3.05, 3.63) is 64.1 Å². The molecule has 2 aromatic rings. The van der Waals surface area contributed by atoms with Gasteiger partial charge in [-0.1, -0.05) is 45.4 Å². The van der Waals surface area contributed by atoms with Crippen LogP contribution in [0.5, 0.6) is 0 Å². The minimum absolute atomic E-state index is 0.0716. The maximum atomic E-state index is 12.0. The van der Waals surface area contributed by atoms with Crippen LogP contribution in [-0.4, -0.2) is 16.8 Å². The van der Waals surface area contributed by atoms with Crippen LogP contribution in [0, 0.1) is 0 Å². The Morgan fingerprint density at radius 2 is 1.76 bits per heavy atom.